The van der Waals surface area contributed by atoms with E-state index in [4.69, 9.17) is 15.4 Å². The van der Waals surface area contributed by atoms with Crippen molar-refractivity contribution in [3.8, 4) is 5.75 Å². The molecule has 0 amide bonds. The maximum atomic E-state index is 13.2. The molecule has 0 aliphatic carbocycles. The minimum Gasteiger partial charge on any atom is -0.490 e. The van der Waals surface area contributed by atoms with Crippen LogP contribution in [-0.2, 0) is 9.05 Å². The number of rotatable bonds is 6. The monoisotopic (exact) mass is 298 g/mol. The van der Waals surface area contributed by atoms with Crippen LogP contribution in [0.1, 0.15) is 13.3 Å². The zero-order valence-electron chi connectivity index (χ0n) is 9.70. The van der Waals surface area contributed by atoms with Gasteiger partial charge in [-0.2, -0.15) is 0 Å². The lowest BCUT2D eigenvalue weighted by Gasteiger charge is -2.14. The molecule has 0 saturated heterocycles. The normalized spacial score (nSPS) is 13.3. The molecule has 0 fully saturated rings. The summed E-state index contributed by atoms with van der Waals surface area (Å²) in [6.07, 6.45) is 0.523. The van der Waals surface area contributed by atoms with E-state index in [1.165, 1.54) is 0 Å². The van der Waals surface area contributed by atoms with Crippen LogP contribution >= 0.6 is 10.7 Å². The molecule has 102 valence electrons. The fourth-order valence-corrected chi connectivity index (χ4v) is 2.79. The Hall–Kier alpha value is -0.880. The third-order valence-corrected chi connectivity index (χ3v) is 3.63. The van der Waals surface area contributed by atoms with Crippen LogP contribution in [-0.4, -0.2) is 20.8 Å². The van der Waals surface area contributed by atoms with E-state index in [1.807, 2.05) is 0 Å². The molecule has 0 aliphatic heterocycles. The van der Waals surface area contributed by atoms with Gasteiger partial charge >= 0.3 is 0 Å². The number of halogens is 3. The fourth-order valence-electron chi connectivity index (χ4n) is 1.37. The molecule has 1 aromatic carbocycles. The van der Waals surface area contributed by atoms with Crippen molar-refractivity contribution < 1.29 is 21.9 Å². The second-order valence-corrected chi connectivity index (χ2v) is 6.69. The van der Waals surface area contributed by atoms with Gasteiger partial charge in [0.2, 0.25) is 9.05 Å². The summed E-state index contributed by atoms with van der Waals surface area (Å²) in [7, 11) is 1.52. The number of hydrogen-bond acceptors (Lipinski definition) is 3. The molecule has 0 heterocycles. The average molecular weight is 299 g/mol. The van der Waals surface area contributed by atoms with Crippen LogP contribution in [0.3, 0.4) is 0 Å². The molecule has 0 radical (unpaired) electrons. The van der Waals surface area contributed by atoms with Gasteiger partial charge in [-0.3, -0.25) is 0 Å². The Bertz CT molecular complexity index is 505. The molecule has 0 aromatic heterocycles. The van der Waals surface area contributed by atoms with Crippen molar-refractivity contribution in [1.82, 2.24) is 0 Å². The Morgan fingerprint density at radius 2 is 2.06 bits per heavy atom. The predicted octanol–water partition coefficient (Wildman–Crippen LogP) is 2.94. The van der Waals surface area contributed by atoms with E-state index in [2.05, 4.69) is 0 Å². The second kappa shape index (κ2) is 6.33. The third kappa shape index (κ3) is 5.18. The van der Waals surface area contributed by atoms with Crippen molar-refractivity contribution in [3.05, 3.63) is 29.8 Å². The maximum Gasteiger partial charge on any atom is 0.232 e. The van der Waals surface area contributed by atoms with Crippen LogP contribution in [0.4, 0.5) is 8.78 Å². The van der Waals surface area contributed by atoms with Crippen molar-refractivity contribution in [2.45, 2.75) is 13.3 Å². The molecule has 1 rings (SSSR count). The second-order valence-electron chi connectivity index (χ2n) is 3.87. The highest BCUT2D eigenvalue weighted by Gasteiger charge is 2.17. The molecule has 0 aliphatic rings. The Balaban J connectivity index is 2.62. The Morgan fingerprint density at radius 1 is 1.39 bits per heavy atom. The molecule has 0 saturated carbocycles. The molecule has 1 aromatic rings. The largest absolute Gasteiger partial charge is 0.490 e. The van der Waals surface area contributed by atoms with Crippen LogP contribution < -0.4 is 4.74 Å². The summed E-state index contributed by atoms with van der Waals surface area (Å²) in [6, 6.07) is 2.93. The number of benzene rings is 1. The van der Waals surface area contributed by atoms with Crippen LogP contribution in [0.2, 0.25) is 0 Å². The summed E-state index contributed by atoms with van der Waals surface area (Å²) in [4.78, 5) is 0. The van der Waals surface area contributed by atoms with Crippen molar-refractivity contribution in [3.63, 3.8) is 0 Å². The highest BCUT2D eigenvalue weighted by Crippen LogP contribution is 2.19. The fraction of sp³-hybridized carbons (Fsp3) is 0.455. The molecular formula is C11H13ClF2O3S. The molecule has 1 unspecified atom stereocenters. The summed E-state index contributed by atoms with van der Waals surface area (Å²) < 4.78 is 52.8. The Kier molecular flexibility index (Phi) is 5.34. The van der Waals surface area contributed by atoms with Crippen molar-refractivity contribution in [2.24, 2.45) is 5.92 Å². The number of hydrogen-bond donors (Lipinski definition) is 0. The van der Waals surface area contributed by atoms with E-state index in [9.17, 15) is 17.2 Å². The third-order valence-electron chi connectivity index (χ3n) is 2.38. The molecule has 7 heteroatoms. The first-order chi connectivity index (χ1) is 8.31. The lowest BCUT2D eigenvalue weighted by molar-refractivity contribution is 0.247. The quantitative estimate of drug-likeness (QED) is 0.758. The van der Waals surface area contributed by atoms with Gasteiger partial charge in [0.15, 0.2) is 11.6 Å². The van der Waals surface area contributed by atoms with Crippen molar-refractivity contribution in [2.75, 3.05) is 12.4 Å². The molecule has 18 heavy (non-hydrogen) atoms. The van der Waals surface area contributed by atoms with Crippen molar-refractivity contribution in [1.29, 1.82) is 0 Å². The molecule has 0 spiro atoms. The molecule has 0 N–H and O–H groups in total. The van der Waals surface area contributed by atoms with Gasteiger partial charge in [-0.25, -0.2) is 17.2 Å². The highest BCUT2D eigenvalue weighted by atomic mass is 35.7. The van der Waals surface area contributed by atoms with E-state index >= 15 is 0 Å². The molecular weight excluding hydrogens is 286 g/mol. The summed E-state index contributed by atoms with van der Waals surface area (Å²) in [5, 5.41) is 0. The first kappa shape index (κ1) is 15.2. The Labute approximate surface area is 109 Å². The van der Waals surface area contributed by atoms with E-state index in [1.54, 1.807) is 6.92 Å². The summed E-state index contributed by atoms with van der Waals surface area (Å²) in [5.41, 5.74) is 0. The first-order valence-electron chi connectivity index (χ1n) is 5.32. The standard InChI is InChI=1S/C11H13ClF2O3S/c1-2-8(7-18(12,15)16)6-17-11-4-3-9(13)5-10(11)14/h3-5,8H,2,6-7H2,1H3. The minimum absolute atomic E-state index is 0.00496. The van der Waals surface area contributed by atoms with Gasteiger partial charge in [-0.15, -0.1) is 0 Å². The SMILES string of the molecule is CCC(COc1ccc(F)cc1F)CS(=O)(=O)Cl. The van der Waals surface area contributed by atoms with Gasteiger partial charge in [-0.1, -0.05) is 6.92 Å². The Morgan fingerprint density at radius 3 is 2.56 bits per heavy atom. The van der Waals surface area contributed by atoms with Gasteiger partial charge in [0.05, 0.1) is 12.4 Å². The summed E-state index contributed by atoms with van der Waals surface area (Å²) in [6.45, 7) is 1.78. The van der Waals surface area contributed by atoms with Gasteiger partial charge in [0, 0.05) is 22.7 Å². The molecule has 0 bridgehead atoms. The predicted molar refractivity (Wildman–Crippen MR) is 65.3 cm³/mol. The van der Waals surface area contributed by atoms with Gasteiger partial charge < -0.3 is 4.74 Å². The average Bonchev–Trinajstić information content (AvgIpc) is 2.24. The van der Waals surface area contributed by atoms with Gasteiger partial charge in [0.25, 0.3) is 0 Å². The van der Waals surface area contributed by atoms with Gasteiger partial charge in [-0.05, 0) is 18.6 Å². The minimum atomic E-state index is -3.62. The molecule has 1 atom stereocenters. The van der Waals surface area contributed by atoms with E-state index in [0.29, 0.717) is 12.5 Å². The first-order valence-corrected chi connectivity index (χ1v) is 7.80. The number of ether oxygens (including phenoxy) is 1. The van der Waals surface area contributed by atoms with E-state index in [0.717, 1.165) is 12.1 Å². The van der Waals surface area contributed by atoms with Crippen LogP contribution in [0, 0.1) is 17.6 Å². The lowest BCUT2D eigenvalue weighted by atomic mass is 10.1. The maximum absolute atomic E-state index is 13.2. The van der Waals surface area contributed by atoms with Crippen LogP contribution in [0.5, 0.6) is 5.75 Å². The zero-order valence-corrected chi connectivity index (χ0v) is 11.3. The highest BCUT2D eigenvalue weighted by molar-refractivity contribution is 8.13. The smallest absolute Gasteiger partial charge is 0.232 e. The van der Waals surface area contributed by atoms with E-state index in [-0.39, 0.29) is 24.0 Å². The molecule has 3 nitrogen and oxygen atoms in total. The lowest BCUT2D eigenvalue weighted by Crippen LogP contribution is -2.19. The summed E-state index contributed by atoms with van der Waals surface area (Å²) >= 11 is 0. The summed E-state index contributed by atoms with van der Waals surface area (Å²) in [5.74, 6) is -2.21. The topological polar surface area (TPSA) is 43.4 Å². The zero-order chi connectivity index (χ0) is 13.8. The van der Waals surface area contributed by atoms with Crippen molar-refractivity contribution >= 4 is 19.7 Å². The van der Waals surface area contributed by atoms with Crippen LogP contribution in [0.25, 0.3) is 0 Å². The van der Waals surface area contributed by atoms with Gasteiger partial charge in [0.1, 0.15) is 5.82 Å². The van der Waals surface area contributed by atoms with E-state index < -0.39 is 20.7 Å². The van der Waals surface area contributed by atoms with Crippen LogP contribution in [0.15, 0.2) is 18.2 Å².